The molecule has 1 heterocycles. The Morgan fingerprint density at radius 1 is 0.653 bits per heavy atom. The fourth-order valence-corrected chi connectivity index (χ4v) is 10.8. The zero-order valence-electron chi connectivity index (χ0n) is 59.6. The quantitative estimate of drug-likeness (QED) is 0.122. The smallest absolute Gasteiger partial charge is 0.388 e. The number of carbonyl (C=O) groups is 11. The number of likely N-dealkylation sites (N-methyl/N-ethyl adjacent to an activating group) is 7. The molecular formula is C66H109ClF3N11O14. The van der Waals surface area contributed by atoms with Crippen LogP contribution in [-0.2, 0) is 74.8 Å². The Kier molecular flexibility index (Phi) is 33.6. The van der Waals surface area contributed by atoms with Crippen LogP contribution in [0.3, 0.4) is 0 Å². The molecule has 1 aliphatic rings. The molecule has 8 atom stereocenters. The Morgan fingerprint density at radius 3 is 1.74 bits per heavy atom. The van der Waals surface area contributed by atoms with Crippen LogP contribution in [0.5, 0.6) is 0 Å². The van der Waals surface area contributed by atoms with Crippen LogP contribution >= 0.6 is 11.6 Å². The second kappa shape index (κ2) is 37.8. The van der Waals surface area contributed by atoms with Crippen molar-refractivity contribution in [1.82, 2.24) is 55.6 Å². The van der Waals surface area contributed by atoms with Crippen molar-refractivity contribution in [1.29, 1.82) is 0 Å². The summed E-state index contributed by atoms with van der Waals surface area (Å²) in [5.74, 6) is -9.10. The van der Waals surface area contributed by atoms with Crippen LogP contribution in [0.15, 0.2) is 18.2 Å². The Hall–Kier alpha value is -6.65. The van der Waals surface area contributed by atoms with Gasteiger partial charge >= 0.3 is 6.18 Å². The molecule has 1 saturated heterocycles. The number of hydrogen-bond acceptors (Lipinski definition) is 14. The molecule has 5 N–H and O–H groups in total. The topological polar surface area (TPSA) is 297 Å². The predicted molar refractivity (Wildman–Crippen MR) is 353 cm³/mol. The van der Waals surface area contributed by atoms with E-state index in [-0.39, 0.29) is 81.8 Å². The number of hydrogen-bond donors (Lipinski definition) is 5. The number of benzene rings is 1. The van der Waals surface area contributed by atoms with Gasteiger partial charge in [0.2, 0.25) is 65.0 Å². The second-order valence-corrected chi connectivity index (χ2v) is 28.1. The number of rotatable bonds is 19. The normalized spacial score (nSPS) is 23.4. The zero-order valence-corrected chi connectivity index (χ0v) is 60.3. The highest BCUT2D eigenvalue weighted by Crippen LogP contribution is 2.35. The van der Waals surface area contributed by atoms with E-state index in [1.165, 1.54) is 85.8 Å². The first-order valence-corrected chi connectivity index (χ1v) is 33.0. The Balaban J connectivity index is 2.93. The summed E-state index contributed by atoms with van der Waals surface area (Å²) in [6.45, 7) is 20.8. The number of aliphatic hydroxyl groups is 1. The van der Waals surface area contributed by atoms with Crippen LogP contribution in [0, 0.1) is 23.7 Å². The van der Waals surface area contributed by atoms with Gasteiger partial charge in [0.05, 0.1) is 55.6 Å². The van der Waals surface area contributed by atoms with E-state index < -0.39 is 167 Å². The van der Waals surface area contributed by atoms with Gasteiger partial charge in [-0.3, -0.25) is 52.7 Å². The number of aryl methyl sites for hydroxylation is 1. The number of nitrogens with zero attached hydrogens (tertiary/aromatic N) is 7. The van der Waals surface area contributed by atoms with Crippen molar-refractivity contribution in [3.63, 3.8) is 0 Å². The maximum atomic E-state index is 15.0. The summed E-state index contributed by atoms with van der Waals surface area (Å²) in [7, 11) is 7.94. The average Bonchev–Trinajstić information content (AvgIpc) is 0.848. The van der Waals surface area contributed by atoms with Crippen LogP contribution in [0.1, 0.15) is 147 Å². The third kappa shape index (κ3) is 26.7. The second-order valence-electron chi connectivity index (χ2n) is 27.6. The van der Waals surface area contributed by atoms with Crippen molar-refractivity contribution in [3.8, 4) is 0 Å². The van der Waals surface area contributed by atoms with Gasteiger partial charge in [-0.1, -0.05) is 79.5 Å². The van der Waals surface area contributed by atoms with Gasteiger partial charge < -0.3 is 70.1 Å². The van der Waals surface area contributed by atoms with E-state index in [4.69, 9.17) is 21.1 Å². The Labute approximate surface area is 564 Å². The fraction of sp³-hybridized carbons (Fsp3) is 0.742. The molecule has 1 aliphatic heterocycles. The molecule has 1 aromatic carbocycles. The first-order valence-electron chi connectivity index (χ1n) is 32.6. The summed E-state index contributed by atoms with van der Waals surface area (Å²) in [4.78, 5) is 167. The van der Waals surface area contributed by atoms with Gasteiger partial charge in [-0.25, -0.2) is 0 Å². The molecule has 0 aromatic heterocycles. The lowest BCUT2D eigenvalue weighted by atomic mass is 9.95. The van der Waals surface area contributed by atoms with Gasteiger partial charge in [0, 0.05) is 67.9 Å². The first-order chi connectivity index (χ1) is 43.8. The van der Waals surface area contributed by atoms with E-state index in [2.05, 4.69) is 21.3 Å². The highest BCUT2D eigenvalue weighted by molar-refractivity contribution is 6.31. The molecule has 0 saturated carbocycles. The van der Waals surface area contributed by atoms with Crippen LogP contribution < -0.4 is 21.3 Å². The van der Waals surface area contributed by atoms with E-state index >= 15 is 0 Å². The largest absolute Gasteiger partial charge is 0.417 e. The number of amides is 11. The monoisotopic (exact) mass is 1370 g/mol. The summed E-state index contributed by atoms with van der Waals surface area (Å²) in [6, 6.07) is -5.96. The van der Waals surface area contributed by atoms with Crippen LogP contribution in [0.25, 0.3) is 0 Å². The Morgan fingerprint density at radius 2 is 1.21 bits per heavy atom. The van der Waals surface area contributed by atoms with Crippen molar-refractivity contribution >= 4 is 76.6 Å². The number of alkyl halides is 3. The lowest BCUT2D eigenvalue weighted by Crippen LogP contribution is -2.63. The minimum Gasteiger partial charge on any atom is -0.388 e. The molecule has 95 heavy (non-hydrogen) atoms. The highest BCUT2D eigenvalue weighted by atomic mass is 35.5. The van der Waals surface area contributed by atoms with Gasteiger partial charge in [0.15, 0.2) is 0 Å². The average molecular weight is 1370 g/mol. The van der Waals surface area contributed by atoms with E-state index in [0.29, 0.717) is 12.8 Å². The minimum atomic E-state index is -4.78. The van der Waals surface area contributed by atoms with E-state index in [0.717, 1.165) is 36.6 Å². The summed E-state index contributed by atoms with van der Waals surface area (Å²) in [5, 5.41) is 21.0. The SMILES string of the molecule is CC[C@H](C)[C@@H]1NC(=O)[C@H](COCC(C)(C)O)N(C)C(=O)C[C@@H](C)NC(=O)[C@H](CC(C)C)N(C)C(=O)C(C)(C)NC(=O)[C@H](CC(C)C)N(C)C(=O)[C@H](CCc2ccc(C(F)(F)F)c(Cl)c2)NC(=O)CN(C)C(=O)[C@H](COCCC(C)C)N(C)C(=O)CN(C)C(=O)CN(CC)C1=O. The fourth-order valence-electron chi connectivity index (χ4n) is 10.5. The molecule has 29 heteroatoms. The molecule has 1 aromatic rings. The van der Waals surface area contributed by atoms with E-state index in [9.17, 15) is 71.0 Å². The lowest BCUT2D eigenvalue weighted by Gasteiger charge is -2.38. The van der Waals surface area contributed by atoms with Crippen molar-refractivity contribution in [2.75, 3.05) is 94.9 Å². The molecule has 2 rings (SSSR count). The van der Waals surface area contributed by atoms with E-state index in [1.807, 2.05) is 27.7 Å². The van der Waals surface area contributed by atoms with Gasteiger partial charge in [0.25, 0.3) is 0 Å². The molecule has 25 nitrogen and oxygen atoms in total. The molecule has 11 amide bonds. The van der Waals surface area contributed by atoms with Crippen molar-refractivity contribution in [2.45, 2.75) is 201 Å². The van der Waals surface area contributed by atoms with Gasteiger partial charge in [-0.15, -0.1) is 0 Å². The lowest BCUT2D eigenvalue weighted by molar-refractivity contribution is -0.150. The molecule has 0 unspecified atom stereocenters. The number of carbonyl (C=O) groups excluding carboxylic acids is 11. The predicted octanol–water partition coefficient (Wildman–Crippen LogP) is 4.13. The molecule has 0 aliphatic carbocycles. The zero-order chi connectivity index (χ0) is 72.9. The Bertz CT molecular complexity index is 2800. The van der Waals surface area contributed by atoms with Crippen LogP contribution in [0.4, 0.5) is 13.2 Å². The summed E-state index contributed by atoms with van der Waals surface area (Å²) in [5.41, 5.74) is -3.97. The molecule has 1 fully saturated rings. The molecule has 0 bridgehead atoms. The maximum absolute atomic E-state index is 15.0. The number of halogens is 4. The minimum absolute atomic E-state index is 0.0102. The molecule has 0 spiro atoms. The number of ether oxygens (including phenoxy) is 2. The maximum Gasteiger partial charge on any atom is 0.417 e. The molecular weight excluding hydrogens is 1260 g/mol. The van der Waals surface area contributed by atoms with E-state index in [1.54, 1.807) is 41.5 Å². The van der Waals surface area contributed by atoms with Crippen molar-refractivity contribution in [3.05, 3.63) is 34.3 Å². The summed E-state index contributed by atoms with van der Waals surface area (Å²) >= 11 is 6.09. The third-order valence-corrected chi connectivity index (χ3v) is 17.0. The molecule has 540 valence electrons. The van der Waals surface area contributed by atoms with Crippen LogP contribution in [-0.4, -0.2) is 253 Å². The summed E-state index contributed by atoms with van der Waals surface area (Å²) in [6.07, 6.45) is -4.50. The van der Waals surface area contributed by atoms with Crippen molar-refractivity contribution < 1.29 is 80.5 Å². The number of nitrogens with one attached hydrogen (secondary N) is 4. The molecule has 0 radical (unpaired) electrons. The highest BCUT2D eigenvalue weighted by Gasteiger charge is 2.43. The van der Waals surface area contributed by atoms with Crippen LogP contribution in [0.2, 0.25) is 5.02 Å². The van der Waals surface area contributed by atoms with Gasteiger partial charge in [-0.2, -0.15) is 13.2 Å². The summed E-state index contributed by atoms with van der Waals surface area (Å²) < 4.78 is 53.0. The van der Waals surface area contributed by atoms with Crippen molar-refractivity contribution in [2.24, 2.45) is 23.7 Å². The first kappa shape index (κ1) is 84.4. The standard InChI is InChI=1S/C66H109ClF3N11O14/c1-21-42(9)56-62(91)81(22-2)35-54(84)75(15)34-55(85)78(18)51(37-94-28-27-39(3)4)61(90)76(16)33-52(82)72-47(26-24-44-23-25-45(46(67)32-44)66(68,69)70)60(89)79(19)49(30-41(7)8)59(88)74-65(13,14)63(92)80(20)48(29-40(5)6)57(86)71-43(10)31-53(83)77(17)50(58(87)73-56)36-95-38-64(11,12)93/h23,25,32,39-43,47-51,56,93H,21-22,24,26-31,33-38H2,1-20H3,(H,71,86)(H,72,82)(H,73,87)(H,74,88)/t42-,43+,47-,48-,49-,50-,51-,56-/m0/s1. The van der Waals surface area contributed by atoms with Gasteiger partial charge in [0.1, 0.15) is 41.8 Å². The van der Waals surface area contributed by atoms with Gasteiger partial charge in [-0.05, 0) is 115 Å². The third-order valence-electron chi connectivity index (χ3n) is 16.6.